The van der Waals surface area contributed by atoms with Crippen molar-refractivity contribution in [2.24, 2.45) is 16.6 Å². The Balaban J connectivity index is 2.16. The Morgan fingerprint density at radius 3 is 2.39 bits per heavy atom. The molecule has 4 N–H and O–H groups in total. The number of ether oxygens (including phenoxy) is 1. The molecule has 0 saturated carbocycles. The van der Waals surface area contributed by atoms with Crippen LogP contribution in [0.5, 0.6) is 0 Å². The third-order valence-electron chi connectivity index (χ3n) is 1.99. The van der Waals surface area contributed by atoms with Crippen molar-refractivity contribution in [3.63, 3.8) is 0 Å². The maximum Gasteiger partial charge on any atom is 0.335 e. The number of morpholine rings is 1. The largest absolute Gasteiger partial charge is 0.379 e. The second-order valence-corrected chi connectivity index (χ2v) is 3.48. The van der Waals surface area contributed by atoms with Gasteiger partial charge in [0.15, 0.2) is 0 Å². The van der Waals surface area contributed by atoms with Crippen LogP contribution >= 0.6 is 0 Å². The lowest BCUT2D eigenvalue weighted by atomic mass is 10.3. The third-order valence-corrected chi connectivity index (χ3v) is 1.99. The zero-order chi connectivity index (χ0) is 13.4. The average Bonchev–Trinajstić information content (AvgIpc) is 2.35. The summed E-state index contributed by atoms with van der Waals surface area (Å²) < 4.78 is 5.09. The van der Waals surface area contributed by atoms with E-state index in [9.17, 15) is 9.59 Å². The van der Waals surface area contributed by atoms with E-state index in [0.717, 1.165) is 0 Å². The molecule has 9 nitrogen and oxygen atoms in total. The highest BCUT2D eigenvalue weighted by atomic mass is 16.7. The van der Waals surface area contributed by atoms with E-state index in [0.29, 0.717) is 26.3 Å². The van der Waals surface area contributed by atoms with Gasteiger partial charge in [0.25, 0.3) is 0 Å². The molecule has 0 aromatic rings. The Kier molecular flexibility index (Phi) is 5.88. The van der Waals surface area contributed by atoms with E-state index in [-0.39, 0.29) is 18.8 Å². The zero-order valence-electron chi connectivity index (χ0n) is 9.83. The van der Waals surface area contributed by atoms with Gasteiger partial charge in [0.2, 0.25) is 5.96 Å². The number of rotatable bonds is 5. The molecular weight excluding hydrogens is 244 g/mol. The Bertz CT molecular complexity index is 323. The number of hydrogen-bond acceptors (Lipinski definition) is 7. The van der Waals surface area contributed by atoms with Gasteiger partial charge in [0.05, 0.1) is 39.1 Å². The number of nitrogens with zero attached hydrogens (tertiary/aromatic N) is 2. The summed E-state index contributed by atoms with van der Waals surface area (Å²) in [5.41, 5.74) is 9.92. The van der Waals surface area contributed by atoms with Gasteiger partial charge in [0.1, 0.15) is 0 Å². The molecule has 18 heavy (non-hydrogen) atoms. The van der Waals surface area contributed by atoms with Crippen LogP contribution in [0.15, 0.2) is 5.16 Å². The SMILES string of the molecule is NC(N)=NOC(=O)CCC(=O)ON1CCOCC1. The minimum Gasteiger partial charge on any atom is -0.379 e. The molecule has 0 bridgehead atoms. The first kappa shape index (κ1) is 14.2. The van der Waals surface area contributed by atoms with Crippen molar-refractivity contribution in [1.29, 1.82) is 0 Å². The number of hydroxylamine groups is 2. The Morgan fingerprint density at radius 1 is 1.17 bits per heavy atom. The molecule has 0 aromatic heterocycles. The molecule has 1 fully saturated rings. The summed E-state index contributed by atoms with van der Waals surface area (Å²) in [6, 6.07) is 0. The second kappa shape index (κ2) is 7.45. The topological polar surface area (TPSA) is 129 Å². The van der Waals surface area contributed by atoms with Gasteiger partial charge >= 0.3 is 11.9 Å². The summed E-state index contributed by atoms with van der Waals surface area (Å²) in [4.78, 5) is 31.7. The number of oxime groups is 1. The first-order chi connectivity index (χ1) is 8.58. The fraction of sp³-hybridized carbons (Fsp3) is 0.667. The number of guanidine groups is 1. The molecule has 0 amide bonds. The van der Waals surface area contributed by atoms with Crippen LogP contribution in [0.25, 0.3) is 0 Å². The molecule has 1 saturated heterocycles. The summed E-state index contributed by atoms with van der Waals surface area (Å²) in [7, 11) is 0. The second-order valence-electron chi connectivity index (χ2n) is 3.48. The van der Waals surface area contributed by atoms with Crippen molar-refractivity contribution in [3.8, 4) is 0 Å². The lowest BCUT2D eigenvalue weighted by Gasteiger charge is -2.24. The van der Waals surface area contributed by atoms with Gasteiger partial charge in [-0.15, -0.1) is 5.06 Å². The highest BCUT2D eigenvalue weighted by molar-refractivity contribution is 5.79. The Hall–Kier alpha value is -1.87. The first-order valence-corrected chi connectivity index (χ1v) is 5.40. The molecule has 0 radical (unpaired) electrons. The van der Waals surface area contributed by atoms with Crippen LogP contribution in [0.4, 0.5) is 0 Å². The standard InChI is InChI=1S/C9H16N4O5/c10-9(11)12-17-7(14)1-2-8(15)18-13-3-5-16-6-4-13/h1-6H2,(H4,10,11,12). The Morgan fingerprint density at radius 2 is 1.78 bits per heavy atom. The van der Waals surface area contributed by atoms with Crippen LogP contribution in [0.3, 0.4) is 0 Å². The van der Waals surface area contributed by atoms with E-state index >= 15 is 0 Å². The molecule has 0 aromatic carbocycles. The fourth-order valence-electron chi connectivity index (χ4n) is 1.18. The molecule has 102 valence electrons. The predicted molar refractivity (Wildman–Crippen MR) is 59.6 cm³/mol. The van der Waals surface area contributed by atoms with E-state index < -0.39 is 11.9 Å². The average molecular weight is 260 g/mol. The lowest BCUT2D eigenvalue weighted by molar-refractivity contribution is -0.205. The summed E-state index contributed by atoms with van der Waals surface area (Å²) >= 11 is 0. The number of hydrogen-bond donors (Lipinski definition) is 2. The molecule has 1 aliphatic rings. The van der Waals surface area contributed by atoms with Crippen molar-refractivity contribution >= 4 is 17.9 Å². The maximum absolute atomic E-state index is 11.4. The highest BCUT2D eigenvalue weighted by Crippen LogP contribution is 2.02. The first-order valence-electron chi connectivity index (χ1n) is 5.40. The molecule has 0 unspecified atom stereocenters. The van der Waals surface area contributed by atoms with Crippen LogP contribution in [-0.2, 0) is 24.0 Å². The number of nitrogens with two attached hydrogens (primary N) is 2. The van der Waals surface area contributed by atoms with E-state index in [1.165, 1.54) is 5.06 Å². The van der Waals surface area contributed by atoms with Crippen molar-refractivity contribution in [3.05, 3.63) is 0 Å². The summed E-state index contributed by atoms with van der Waals surface area (Å²) in [5, 5.41) is 4.55. The van der Waals surface area contributed by atoms with Gasteiger partial charge in [0, 0.05) is 0 Å². The van der Waals surface area contributed by atoms with Gasteiger partial charge in [-0.2, -0.15) is 0 Å². The summed E-state index contributed by atoms with van der Waals surface area (Å²) in [6.07, 6.45) is -0.254. The minimum absolute atomic E-state index is 0.101. The van der Waals surface area contributed by atoms with Gasteiger partial charge in [-0.1, -0.05) is 0 Å². The smallest absolute Gasteiger partial charge is 0.335 e. The van der Waals surface area contributed by atoms with E-state index in [2.05, 4.69) is 9.99 Å². The van der Waals surface area contributed by atoms with Crippen molar-refractivity contribution in [2.45, 2.75) is 12.8 Å². The van der Waals surface area contributed by atoms with E-state index in [4.69, 9.17) is 21.0 Å². The van der Waals surface area contributed by atoms with Crippen LogP contribution in [0, 0.1) is 0 Å². The van der Waals surface area contributed by atoms with Gasteiger partial charge < -0.3 is 25.9 Å². The van der Waals surface area contributed by atoms with Gasteiger partial charge in [-0.05, 0) is 5.16 Å². The fourth-order valence-corrected chi connectivity index (χ4v) is 1.18. The molecular formula is C9H16N4O5. The van der Waals surface area contributed by atoms with Crippen LogP contribution in [-0.4, -0.2) is 49.3 Å². The van der Waals surface area contributed by atoms with Crippen molar-refractivity contribution in [2.75, 3.05) is 26.3 Å². The normalized spacial score (nSPS) is 15.8. The third kappa shape index (κ3) is 6.01. The lowest BCUT2D eigenvalue weighted by Crippen LogP contribution is -2.37. The Labute approximate surface area is 104 Å². The van der Waals surface area contributed by atoms with E-state index in [1.807, 2.05) is 0 Å². The van der Waals surface area contributed by atoms with Crippen LogP contribution in [0.1, 0.15) is 12.8 Å². The highest BCUT2D eigenvalue weighted by Gasteiger charge is 2.16. The summed E-state index contributed by atoms with van der Waals surface area (Å²) in [5.74, 6) is -1.58. The van der Waals surface area contributed by atoms with Crippen molar-refractivity contribution < 1.29 is 24.0 Å². The van der Waals surface area contributed by atoms with Crippen LogP contribution in [0.2, 0.25) is 0 Å². The van der Waals surface area contributed by atoms with Crippen LogP contribution < -0.4 is 11.5 Å². The zero-order valence-corrected chi connectivity index (χ0v) is 9.83. The quantitative estimate of drug-likeness (QED) is 0.258. The molecule has 1 heterocycles. The number of carbonyl (C=O) groups is 2. The number of carbonyl (C=O) groups excluding carboxylic acids is 2. The van der Waals surface area contributed by atoms with Gasteiger partial charge in [-0.25, -0.2) is 4.79 Å². The predicted octanol–water partition coefficient (Wildman–Crippen LogP) is -1.71. The maximum atomic E-state index is 11.4. The molecule has 0 spiro atoms. The molecule has 0 aliphatic carbocycles. The molecule has 1 rings (SSSR count). The van der Waals surface area contributed by atoms with E-state index in [1.54, 1.807) is 0 Å². The molecule has 1 aliphatic heterocycles. The monoisotopic (exact) mass is 260 g/mol. The van der Waals surface area contributed by atoms with Crippen molar-refractivity contribution in [1.82, 2.24) is 5.06 Å². The molecule has 9 heteroatoms. The van der Waals surface area contributed by atoms with Gasteiger partial charge in [-0.3, -0.25) is 4.79 Å². The summed E-state index contributed by atoms with van der Waals surface area (Å²) in [6.45, 7) is 2.06. The molecule has 0 atom stereocenters. The minimum atomic E-state index is -0.706.